The zero-order valence-electron chi connectivity index (χ0n) is 50.1. The lowest BCUT2D eigenvalue weighted by Gasteiger charge is -2.17. The van der Waals surface area contributed by atoms with E-state index < -0.39 is 53.3 Å². The van der Waals surface area contributed by atoms with Crippen LogP contribution in [0.1, 0.15) is 85.9 Å². The zero-order valence-corrected chi connectivity index (χ0v) is 50.1. The number of methoxy groups -OCH3 is 1. The minimum Gasteiger partial charge on any atom is -0.497 e. The van der Waals surface area contributed by atoms with Crippen LogP contribution in [0, 0.1) is 5.92 Å². The molecule has 9 heterocycles. The number of aromatic nitrogens is 10. The second-order valence-corrected chi connectivity index (χ2v) is 17.5. The molecule has 35 heteroatoms. The number of fused-ring (bicyclic) bond motifs is 1. The Morgan fingerprint density at radius 3 is 1.44 bits per heavy atom. The van der Waals surface area contributed by atoms with Crippen LogP contribution in [0.4, 0.5) is 0 Å². The predicted molar refractivity (Wildman–Crippen MR) is 325 cm³/mol. The molecule has 0 amide bonds. The van der Waals surface area contributed by atoms with E-state index in [0.717, 1.165) is 25.9 Å². The van der Waals surface area contributed by atoms with Crippen LogP contribution in [-0.4, -0.2) is 225 Å². The molecule has 0 saturated carbocycles. The number of carbonyl (C=O) groups is 8. The van der Waals surface area contributed by atoms with E-state index in [4.69, 9.17) is 74.0 Å². The van der Waals surface area contributed by atoms with Gasteiger partial charge in [-0.25, -0.2) is 53.5 Å². The molecule has 7 aromatic heterocycles. The predicted octanol–water partition coefficient (Wildman–Crippen LogP) is 4.34. The fourth-order valence-electron chi connectivity index (χ4n) is 6.29. The summed E-state index contributed by atoms with van der Waals surface area (Å²) in [6, 6.07) is 19.0. The standard InChI is InChI=1S/C17H26O7.C6H5NO3.C6H11NO2.C6H5NO2.2C5H4N2O2.2C5H5NO2.C4H4N2O2/c1-18-15-2-3-16-17(14-15)24-13-11-22-9-7-20-5-4-19-6-8-21-10-12-23-16;8-5-4(6(9)10)2-1-3-7-5;8-6(9)5-1-3-7-4-2-5;8-6(9)5-3-1-2-4-7-5;8-5(9)4-1-6-3-7-2-4;8-5(9)4-3-6-1-2-7-4;7-5(8)4-1-2-6-3-4;7-5(8)4-2-1-3-6-4;7-4(8)3-1-2-5-6-3/h2-3,14H,4-13H2,1H3;1-3H,(H,7,8)(H,9,10);5,7H,1-4H2,(H,8,9);1-4H,(H,8,9);2*1-3H,(H,8,9);2*1-3,6H,(H,7,8);1-2H,(H,5,6)(H,7,8). The van der Waals surface area contributed by atoms with Gasteiger partial charge in [-0.2, -0.15) is 5.10 Å². The Bertz CT molecular complexity index is 3230. The Balaban J connectivity index is 0.000000373. The number of nitrogens with zero attached hydrogens (tertiary/aromatic N) is 6. The number of hydrogen-bond donors (Lipinski definition) is 13. The normalized spacial score (nSPS) is 12.8. The van der Waals surface area contributed by atoms with Crippen LogP contribution in [0.5, 0.6) is 17.2 Å². The smallest absolute Gasteiger partial charge is 0.356 e. The van der Waals surface area contributed by atoms with E-state index in [0.29, 0.717) is 88.9 Å². The van der Waals surface area contributed by atoms with Gasteiger partial charge in [0.1, 0.15) is 47.9 Å². The van der Waals surface area contributed by atoms with Crippen LogP contribution in [0.25, 0.3) is 0 Å². The Morgan fingerprint density at radius 1 is 0.500 bits per heavy atom. The summed E-state index contributed by atoms with van der Waals surface area (Å²) in [5.41, 5.74) is -0.00926. The highest BCUT2D eigenvalue weighted by molar-refractivity contribution is 5.88. The molecule has 0 bridgehead atoms. The number of pyridine rings is 2. The second-order valence-electron chi connectivity index (χ2n) is 17.5. The van der Waals surface area contributed by atoms with Gasteiger partial charge in [0.05, 0.1) is 83.2 Å². The largest absolute Gasteiger partial charge is 0.497 e. The third kappa shape index (κ3) is 36.0. The minimum atomic E-state index is -1.21. The lowest BCUT2D eigenvalue weighted by molar-refractivity contribution is -0.142. The monoisotopic (exact) mass is 1320 g/mol. The lowest BCUT2D eigenvalue weighted by atomic mass is 9.99. The summed E-state index contributed by atoms with van der Waals surface area (Å²) in [5, 5.41) is 75.3. The SMILES string of the molecule is COc1ccc2c(c1)OCCOCCOCCOCCOCCO2.O=C(O)C1CCNCC1.O=C(O)c1cc[nH]c1.O=C(O)c1ccc[nH]1.O=C(O)c1ccc[nH]c1=O.O=C(O)c1ccccn1.O=C(O)c1ccn[nH]1.O=C(O)c1cnccn1.O=C(O)c1cncnc1. The average molecular weight is 1320 g/mol. The first-order chi connectivity index (χ1) is 45.2. The summed E-state index contributed by atoms with van der Waals surface area (Å²) in [4.78, 5) is 117. The third-order valence-corrected chi connectivity index (χ3v) is 10.9. The van der Waals surface area contributed by atoms with E-state index in [2.05, 4.69) is 55.4 Å². The number of piperidine rings is 1. The van der Waals surface area contributed by atoms with Crippen LogP contribution >= 0.6 is 0 Å². The molecule has 0 radical (unpaired) electrons. The maximum atomic E-state index is 10.6. The molecular formula is C59H69N11O24. The summed E-state index contributed by atoms with van der Waals surface area (Å²) in [6.45, 7) is 6.75. The van der Waals surface area contributed by atoms with Gasteiger partial charge in [-0.15, -0.1) is 0 Å². The van der Waals surface area contributed by atoms with Gasteiger partial charge in [0.25, 0.3) is 5.56 Å². The second kappa shape index (κ2) is 48.1. The van der Waals surface area contributed by atoms with E-state index in [1.807, 2.05) is 12.1 Å². The highest BCUT2D eigenvalue weighted by Gasteiger charge is 2.19. The number of carboxylic acids is 8. The highest BCUT2D eigenvalue weighted by atomic mass is 16.6. The van der Waals surface area contributed by atoms with Gasteiger partial charge in [-0.3, -0.25) is 19.7 Å². The highest BCUT2D eigenvalue weighted by Crippen LogP contribution is 2.31. The van der Waals surface area contributed by atoms with Gasteiger partial charge in [0.15, 0.2) is 17.2 Å². The number of ether oxygens (including phenoxy) is 7. The molecule has 2 aliphatic heterocycles. The molecule has 94 heavy (non-hydrogen) atoms. The maximum Gasteiger partial charge on any atom is 0.356 e. The van der Waals surface area contributed by atoms with Crippen molar-refractivity contribution < 1.29 is 112 Å². The van der Waals surface area contributed by atoms with Gasteiger partial charge in [-0.1, -0.05) is 6.07 Å². The number of aromatic carboxylic acids is 7. The van der Waals surface area contributed by atoms with E-state index in [9.17, 15) is 43.2 Å². The van der Waals surface area contributed by atoms with Crippen LogP contribution in [0.3, 0.4) is 0 Å². The summed E-state index contributed by atoms with van der Waals surface area (Å²) in [6.07, 6.45) is 18.1. The molecule has 13 N–H and O–H groups in total. The maximum absolute atomic E-state index is 10.6. The minimum absolute atomic E-state index is 0.0301. The van der Waals surface area contributed by atoms with Crippen molar-refractivity contribution in [1.29, 1.82) is 0 Å². The topological polar surface area (TPSA) is 533 Å². The van der Waals surface area contributed by atoms with Gasteiger partial charge < -0.3 is 94.3 Å². The quantitative estimate of drug-likeness (QED) is 0.0955. The van der Waals surface area contributed by atoms with E-state index in [1.54, 1.807) is 43.8 Å². The first kappa shape index (κ1) is 78.3. The summed E-state index contributed by atoms with van der Waals surface area (Å²) in [7, 11) is 1.61. The summed E-state index contributed by atoms with van der Waals surface area (Å²) >= 11 is 0. The van der Waals surface area contributed by atoms with Gasteiger partial charge >= 0.3 is 47.8 Å². The number of rotatable bonds is 9. The number of carboxylic acid groups (broad SMARTS) is 8. The van der Waals surface area contributed by atoms with Crippen LogP contribution in [0.15, 0.2) is 152 Å². The van der Waals surface area contributed by atoms with Crippen molar-refractivity contribution in [3.63, 3.8) is 0 Å². The molecule has 0 spiro atoms. The number of aliphatic carboxylic acids is 1. The number of aromatic amines is 4. The van der Waals surface area contributed by atoms with E-state index in [-0.39, 0.29) is 39.8 Å². The number of nitrogens with one attached hydrogen (secondary N) is 5. The fraction of sp³-hybridized carbons (Fsp3) is 0.271. The molecule has 1 aromatic carbocycles. The van der Waals surface area contributed by atoms with Crippen LogP contribution in [-0.2, 0) is 23.7 Å². The molecule has 8 aromatic rings. The number of H-pyrrole nitrogens is 4. The van der Waals surface area contributed by atoms with Crippen molar-refractivity contribution in [3.05, 3.63) is 197 Å². The number of hydrogen-bond acceptors (Lipinski definition) is 23. The molecule has 0 atom stereocenters. The molecule has 10 rings (SSSR count). The molecule has 504 valence electrons. The molecule has 1 saturated heterocycles. The number of benzene rings is 1. The van der Waals surface area contributed by atoms with Crippen molar-refractivity contribution in [3.8, 4) is 17.2 Å². The third-order valence-electron chi connectivity index (χ3n) is 10.9. The van der Waals surface area contributed by atoms with E-state index >= 15 is 0 Å². The zero-order chi connectivity index (χ0) is 69.1. The van der Waals surface area contributed by atoms with Gasteiger partial charge in [0.2, 0.25) is 0 Å². The van der Waals surface area contributed by atoms with Gasteiger partial charge in [0, 0.05) is 68.0 Å². The molecule has 1 fully saturated rings. The van der Waals surface area contributed by atoms with Crippen molar-refractivity contribution in [1.82, 2.24) is 55.4 Å². The van der Waals surface area contributed by atoms with E-state index in [1.165, 1.54) is 98.5 Å². The van der Waals surface area contributed by atoms with Crippen molar-refractivity contribution >= 4 is 47.8 Å². The Hall–Kier alpha value is -11.8. The van der Waals surface area contributed by atoms with Crippen molar-refractivity contribution in [2.24, 2.45) is 5.92 Å². The lowest BCUT2D eigenvalue weighted by Crippen LogP contribution is -2.31. The Morgan fingerprint density at radius 2 is 1.07 bits per heavy atom. The molecule has 0 unspecified atom stereocenters. The molecule has 35 nitrogen and oxygen atoms in total. The first-order valence-corrected chi connectivity index (χ1v) is 27.4. The van der Waals surface area contributed by atoms with Crippen molar-refractivity contribution in [2.75, 3.05) is 86.3 Å². The molecule has 0 aliphatic carbocycles. The average Bonchev–Trinajstić information content (AvgIpc) is 1.36. The first-order valence-electron chi connectivity index (χ1n) is 27.4. The Labute approximate surface area is 533 Å². The molecule has 2 aliphatic rings. The molecular weight excluding hydrogens is 1250 g/mol. The van der Waals surface area contributed by atoms with Crippen molar-refractivity contribution in [2.45, 2.75) is 12.8 Å². The Kier molecular flexibility index (Phi) is 40.1. The fourth-order valence-corrected chi connectivity index (χ4v) is 6.29. The summed E-state index contributed by atoms with van der Waals surface area (Å²) < 4.78 is 38.4. The van der Waals surface area contributed by atoms with Crippen LogP contribution < -0.4 is 25.1 Å². The van der Waals surface area contributed by atoms with Gasteiger partial charge in [-0.05, 0) is 86.6 Å². The van der Waals surface area contributed by atoms with Crippen LogP contribution in [0.2, 0.25) is 0 Å². The summed E-state index contributed by atoms with van der Waals surface area (Å²) in [5.74, 6) is -5.80.